The Morgan fingerprint density at radius 2 is 1.80 bits per heavy atom. The van der Waals surface area contributed by atoms with Gasteiger partial charge in [-0.3, -0.25) is 13.8 Å². The van der Waals surface area contributed by atoms with E-state index in [-0.39, 0.29) is 11.0 Å². The summed E-state index contributed by atoms with van der Waals surface area (Å²) < 4.78 is 9.34. The second-order valence-corrected chi connectivity index (χ2v) is 10.9. The zero-order chi connectivity index (χ0) is 24.0. The summed E-state index contributed by atoms with van der Waals surface area (Å²) in [5.41, 5.74) is 5.45. The standard InChI is InChI=1S/C28H30N4O2S/c1-3-35-27-30-29-26-31(18-19-11-13-21(34-2)14-12-19)25(33)23-24(32(26)27)22-10-6-5-9-20(22)17-28(23)15-7-4-8-16-28/h5-6,9-14H,3-4,7-8,15-18H2,1-2H3. The van der Waals surface area contributed by atoms with Gasteiger partial charge in [-0.25, -0.2) is 0 Å². The third-order valence-electron chi connectivity index (χ3n) is 7.69. The first kappa shape index (κ1) is 22.4. The minimum absolute atomic E-state index is 0.0835. The number of benzene rings is 2. The highest BCUT2D eigenvalue weighted by atomic mass is 32.2. The monoisotopic (exact) mass is 486 g/mol. The van der Waals surface area contributed by atoms with Crippen molar-refractivity contribution in [3.05, 3.63) is 75.6 Å². The maximum absolute atomic E-state index is 14.5. The number of hydrogen-bond donors (Lipinski definition) is 0. The third-order valence-corrected chi connectivity index (χ3v) is 8.50. The Balaban J connectivity index is 1.66. The lowest BCUT2D eigenvalue weighted by molar-refractivity contribution is 0.283. The van der Waals surface area contributed by atoms with Gasteiger partial charge in [-0.05, 0) is 48.3 Å². The fourth-order valence-electron chi connectivity index (χ4n) is 6.10. The van der Waals surface area contributed by atoms with Crippen molar-refractivity contribution >= 4 is 17.5 Å². The van der Waals surface area contributed by atoms with E-state index < -0.39 is 0 Å². The summed E-state index contributed by atoms with van der Waals surface area (Å²) in [6.07, 6.45) is 6.60. The van der Waals surface area contributed by atoms with Gasteiger partial charge in [0.2, 0.25) is 5.78 Å². The second kappa shape index (κ2) is 8.86. The smallest absolute Gasteiger partial charge is 0.259 e. The fraction of sp³-hybridized carbons (Fsp3) is 0.393. The topological polar surface area (TPSA) is 61.4 Å². The Labute approximate surface area is 209 Å². The van der Waals surface area contributed by atoms with E-state index in [2.05, 4.69) is 45.8 Å². The molecule has 0 N–H and O–H groups in total. The molecule has 2 aromatic carbocycles. The van der Waals surface area contributed by atoms with Crippen molar-refractivity contribution in [3.8, 4) is 17.0 Å². The van der Waals surface area contributed by atoms with E-state index in [4.69, 9.17) is 4.74 Å². The van der Waals surface area contributed by atoms with Crippen molar-refractivity contribution in [3.63, 3.8) is 0 Å². The number of thioether (sulfide) groups is 1. The first-order valence-corrected chi connectivity index (χ1v) is 13.5. The molecule has 0 aliphatic heterocycles. The Morgan fingerprint density at radius 3 is 2.54 bits per heavy atom. The zero-order valence-electron chi connectivity index (χ0n) is 20.3. The van der Waals surface area contributed by atoms with E-state index in [9.17, 15) is 4.79 Å². The molecule has 1 saturated carbocycles. The molecule has 0 radical (unpaired) electrons. The molecule has 180 valence electrons. The van der Waals surface area contributed by atoms with Crippen molar-refractivity contribution < 1.29 is 4.74 Å². The van der Waals surface area contributed by atoms with Gasteiger partial charge in [0.25, 0.3) is 5.56 Å². The van der Waals surface area contributed by atoms with Crippen LogP contribution in [0.15, 0.2) is 58.5 Å². The summed E-state index contributed by atoms with van der Waals surface area (Å²) in [5.74, 6) is 2.31. The number of methoxy groups -OCH3 is 1. The van der Waals surface area contributed by atoms with Crippen molar-refractivity contribution in [1.29, 1.82) is 0 Å². The van der Waals surface area contributed by atoms with Crippen LogP contribution < -0.4 is 10.3 Å². The summed E-state index contributed by atoms with van der Waals surface area (Å²) in [7, 11) is 1.66. The second-order valence-electron chi connectivity index (χ2n) is 9.69. The first-order valence-electron chi connectivity index (χ1n) is 12.5. The van der Waals surface area contributed by atoms with Gasteiger partial charge in [-0.2, -0.15) is 0 Å². The molecule has 0 amide bonds. The van der Waals surface area contributed by atoms with Crippen LogP contribution in [0.5, 0.6) is 5.75 Å². The van der Waals surface area contributed by atoms with Gasteiger partial charge in [-0.15, -0.1) is 10.2 Å². The minimum atomic E-state index is -0.132. The normalized spacial score (nSPS) is 16.3. The summed E-state index contributed by atoms with van der Waals surface area (Å²) >= 11 is 1.68. The Hall–Kier alpha value is -3.06. The lowest BCUT2D eigenvalue weighted by Crippen LogP contribution is -2.43. The average Bonchev–Trinajstić information content (AvgIpc) is 3.30. The van der Waals surface area contributed by atoms with Crippen molar-refractivity contribution in [2.24, 2.45) is 0 Å². The van der Waals surface area contributed by atoms with E-state index >= 15 is 0 Å². The Bertz CT molecular complexity index is 1450. The quantitative estimate of drug-likeness (QED) is 0.349. The molecule has 0 unspecified atom stereocenters. The van der Waals surface area contributed by atoms with Crippen LogP contribution >= 0.6 is 11.8 Å². The number of nitrogens with zero attached hydrogens (tertiary/aromatic N) is 4. The molecular weight excluding hydrogens is 456 g/mol. The average molecular weight is 487 g/mol. The molecule has 0 saturated heterocycles. The number of fused-ring (bicyclic) bond motifs is 6. The molecule has 7 heteroatoms. The van der Waals surface area contributed by atoms with Gasteiger partial charge in [-0.1, -0.05) is 74.3 Å². The Morgan fingerprint density at radius 1 is 1.03 bits per heavy atom. The van der Waals surface area contributed by atoms with Crippen molar-refractivity contribution in [2.75, 3.05) is 12.9 Å². The van der Waals surface area contributed by atoms with Crippen LogP contribution in [0, 0.1) is 0 Å². The van der Waals surface area contributed by atoms with E-state index in [1.807, 2.05) is 28.8 Å². The van der Waals surface area contributed by atoms with Gasteiger partial charge in [0, 0.05) is 16.5 Å². The SMILES string of the molecule is CCSc1nnc2n(Cc3ccc(OC)cc3)c(=O)c3c(n12)-c1ccccc1CC31CCCCC1. The van der Waals surface area contributed by atoms with E-state index in [0.717, 1.165) is 71.1 Å². The molecule has 2 aromatic heterocycles. The van der Waals surface area contributed by atoms with Crippen LogP contribution in [-0.2, 0) is 18.4 Å². The Kier molecular flexibility index (Phi) is 5.67. The molecule has 2 aliphatic rings. The van der Waals surface area contributed by atoms with E-state index in [0.29, 0.717) is 12.3 Å². The first-order chi connectivity index (χ1) is 17.1. The highest BCUT2D eigenvalue weighted by molar-refractivity contribution is 7.99. The predicted octanol–water partition coefficient (Wildman–Crippen LogP) is 5.48. The van der Waals surface area contributed by atoms with Crippen molar-refractivity contribution in [2.45, 2.75) is 62.6 Å². The molecule has 0 bridgehead atoms. The molecule has 2 aliphatic carbocycles. The summed E-state index contributed by atoms with van der Waals surface area (Å²) in [6.45, 7) is 2.58. The summed E-state index contributed by atoms with van der Waals surface area (Å²) in [5, 5.41) is 9.99. The van der Waals surface area contributed by atoms with Gasteiger partial charge in [0.05, 0.1) is 19.3 Å². The zero-order valence-corrected chi connectivity index (χ0v) is 21.1. The molecule has 35 heavy (non-hydrogen) atoms. The summed E-state index contributed by atoms with van der Waals surface area (Å²) in [6, 6.07) is 16.5. The molecular formula is C28H30N4O2S. The van der Waals surface area contributed by atoms with Crippen LogP contribution in [0.2, 0.25) is 0 Å². The fourth-order valence-corrected chi connectivity index (χ4v) is 6.76. The predicted molar refractivity (Wildman–Crippen MR) is 140 cm³/mol. The molecule has 1 fully saturated rings. The maximum atomic E-state index is 14.5. The number of rotatable bonds is 5. The van der Waals surface area contributed by atoms with Crippen LogP contribution in [0.4, 0.5) is 0 Å². The maximum Gasteiger partial charge on any atom is 0.259 e. The van der Waals surface area contributed by atoms with Crippen LogP contribution in [0.1, 0.15) is 55.7 Å². The molecule has 6 rings (SSSR count). The van der Waals surface area contributed by atoms with Gasteiger partial charge in [0.15, 0.2) is 5.16 Å². The van der Waals surface area contributed by atoms with E-state index in [1.165, 1.54) is 12.0 Å². The lowest BCUT2D eigenvalue weighted by atomic mass is 9.62. The lowest BCUT2D eigenvalue weighted by Gasteiger charge is -2.42. The highest BCUT2D eigenvalue weighted by Gasteiger charge is 2.44. The van der Waals surface area contributed by atoms with Crippen LogP contribution in [0.3, 0.4) is 0 Å². The third kappa shape index (κ3) is 3.59. The molecule has 0 atom stereocenters. The minimum Gasteiger partial charge on any atom is -0.497 e. The molecule has 6 nitrogen and oxygen atoms in total. The van der Waals surface area contributed by atoms with E-state index in [1.54, 1.807) is 18.9 Å². The van der Waals surface area contributed by atoms with Crippen LogP contribution in [0.25, 0.3) is 17.0 Å². The van der Waals surface area contributed by atoms with Crippen LogP contribution in [-0.4, -0.2) is 32.0 Å². The highest BCUT2D eigenvalue weighted by Crippen LogP contribution is 2.49. The number of hydrogen-bond acceptors (Lipinski definition) is 5. The summed E-state index contributed by atoms with van der Waals surface area (Å²) in [4.78, 5) is 14.5. The molecule has 2 heterocycles. The molecule has 1 spiro atoms. The largest absolute Gasteiger partial charge is 0.497 e. The number of ether oxygens (including phenoxy) is 1. The number of aromatic nitrogens is 4. The molecule has 4 aromatic rings. The van der Waals surface area contributed by atoms with Crippen molar-refractivity contribution in [1.82, 2.24) is 19.2 Å². The van der Waals surface area contributed by atoms with Gasteiger partial charge in [0.1, 0.15) is 5.75 Å². The van der Waals surface area contributed by atoms with Gasteiger partial charge >= 0.3 is 0 Å². The van der Waals surface area contributed by atoms with Gasteiger partial charge < -0.3 is 4.74 Å².